The summed E-state index contributed by atoms with van der Waals surface area (Å²) >= 11 is 0. The van der Waals surface area contributed by atoms with Crippen LogP contribution in [-0.2, 0) is 0 Å². The Bertz CT molecular complexity index is 218. The average molecular weight is 204 g/mol. The molecule has 3 heteroatoms. The quantitative estimate of drug-likeness (QED) is 0.640. The maximum absolute atomic E-state index is 4.28. The van der Waals surface area contributed by atoms with Crippen molar-refractivity contribution in [3.8, 4) is 0 Å². The van der Waals surface area contributed by atoms with E-state index in [-0.39, 0.29) is 12.4 Å². The highest BCUT2D eigenvalue weighted by atomic mass is 35.5. The van der Waals surface area contributed by atoms with Crippen molar-refractivity contribution in [1.82, 2.24) is 4.98 Å². The largest absolute Gasteiger partial charge is 0.257 e. The minimum atomic E-state index is 0. The van der Waals surface area contributed by atoms with Gasteiger partial charge in [0.05, 0.1) is 5.44 Å². The van der Waals surface area contributed by atoms with Gasteiger partial charge < -0.3 is 0 Å². The molecule has 0 fully saturated rings. The number of hydrogen-bond acceptors (Lipinski definition) is 1. The van der Waals surface area contributed by atoms with Crippen LogP contribution in [0.1, 0.15) is 20.8 Å². The fourth-order valence-corrected chi connectivity index (χ4v) is 1.91. The maximum atomic E-state index is 4.28. The Morgan fingerprint density at radius 2 is 1.92 bits per heavy atom. The van der Waals surface area contributed by atoms with Crippen LogP contribution in [-0.4, -0.2) is 10.1 Å². The Morgan fingerprint density at radius 1 is 1.25 bits per heavy atom. The van der Waals surface area contributed by atoms with Crippen LogP contribution in [0.25, 0.3) is 0 Å². The predicted molar refractivity (Wildman–Crippen MR) is 59.2 cm³/mol. The fourth-order valence-electron chi connectivity index (χ4n) is 0.821. The van der Waals surface area contributed by atoms with Crippen molar-refractivity contribution in [1.29, 1.82) is 0 Å². The minimum Gasteiger partial charge on any atom is -0.257 e. The zero-order valence-electron chi connectivity index (χ0n) is 7.66. The van der Waals surface area contributed by atoms with Crippen molar-refractivity contribution in [3.05, 3.63) is 24.4 Å². The molecular formula is C9H15ClNP. The molecule has 1 atom stereocenters. The van der Waals surface area contributed by atoms with Gasteiger partial charge in [-0.1, -0.05) is 35.4 Å². The molecule has 0 N–H and O–H groups in total. The van der Waals surface area contributed by atoms with Gasteiger partial charge in [0, 0.05) is 6.20 Å². The molecule has 0 aliphatic heterocycles. The number of halogens is 1. The topological polar surface area (TPSA) is 12.9 Å². The molecule has 68 valence electrons. The van der Waals surface area contributed by atoms with E-state index in [9.17, 15) is 0 Å². The van der Waals surface area contributed by atoms with Crippen LogP contribution in [0.4, 0.5) is 0 Å². The molecule has 1 rings (SSSR count). The van der Waals surface area contributed by atoms with Gasteiger partial charge in [0.25, 0.3) is 0 Å². The summed E-state index contributed by atoms with van der Waals surface area (Å²) in [6, 6.07) is 6.08. The lowest BCUT2D eigenvalue weighted by Crippen LogP contribution is -2.12. The SMILES string of the molecule is CC(C)(C)Pc1ccccn1.Cl. The standard InChI is InChI=1S/C9H14NP.ClH/c1-9(2,3)11-8-6-4-5-7-10-8;/h4-7,11H,1-3H3;1H. The first-order valence-corrected chi connectivity index (χ1v) is 4.77. The Hall–Kier alpha value is -0.130. The summed E-state index contributed by atoms with van der Waals surface area (Å²) in [5, 5.41) is 0.369. The first-order chi connectivity index (χ1) is 5.08. The third-order valence-corrected chi connectivity index (χ3v) is 2.47. The van der Waals surface area contributed by atoms with Gasteiger partial charge in [-0.15, -0.1) is 12.4 Å². The van der Waals surface area contributed by atoms with Crippen LogP contribution in [0.3, 0.4) is 0 Å². The summed E-state index contributed by atoms with van der Waals surface area (Å²) in [6.07, 6.45) is 1.86. The molecule has 0 spiro atoms. The Kier molecular flexibility index (Phi) is 4.74. The van der Waals surface area contributed by atoms with E-state index in [1.54, 1.807) is 0 Å². The van der Waals surface area contributed by atoms with Crippen LogP contribution < -0.4 is 5.44 Å². The smallest absolute Gasteiger partial charge is 0.0605 e. The molecule has 1 heterocycles. The van der Waals surface area contributed by atoms with Crippen LogP contribution in [0.15, 0.2) is 24.4 Å². The fraction of sp³-hybridized carbons (Fsp3) is 0.444. The molecule has 1 aromatic rings. The first kappa shape index (κ1) is 11.9. The molecular weight excluding hydrogens is 189 g/mol. The first-order valence-electron chi connectivity index (χ1n) is 3.77. The Balaban J connectivity index is 0.00000121. The summed E-state index contributed by atoms with van der Waals surface area (Å²) in [5.41, 5.74) is 1.21. The lowest BCUT2D eigenvalue weighted by atomic mass is 10.3. The summed E-state index contributed by atoms with van der Waals surface area (Å²) in [4.78, 5) is 4.28. The molecule has 0 amide bonds. The molecule has 1 unspecified atom stereocenters. The van der Waals surface area contributed by atoms with Gasteiger partial charge >= 0.3 is 0 Å². The second-order valence-electron chi connectivity index (χ2n) is 3.59. The molecule has 12 heavy (non-hydrogen) atoms. The highest BCUT2D eigenvalue weighted by Gasteiger charge is 2.10. The number of hydrogen-bond donors (Lipinski definition) is 0. The van der Waals surface area contributed by atoms with E-state index < -0.39 is 0 Å². The van der Waals surface area contributed by atoms with Gasteiger partial charge in [0.2, 0.25) is 0 Å². The zero-order chi connectivity index (χ0) is 8.32. The molecule has 0 aliphatic rings. The third-order valence-electron chi connectivity index (χ3n) is 1.17. The molecule has 0 saturated heterocycles. The third kappa shape index (κ3) is 4.69. The van der Waals surface area contributed by atoms with E-state index in [1.165, 1.54) is 5.44 Å². The normalized spacial score (nSPS) is 11.6. The van der Waals surface area contributed by atoms with Crippen molar-refractivity contribution >= 4 is 26.4 Å². The number of nitrogens with zero attached hydrogens (tertiary/aromatic N) is 1. The molecule has 1 nitrogen and oxygen atoms in total. The maximum Gasteiger partial charge on any atom is 0.0605 e. The summed E-state index contributed by atoms with van der Waals surface area (Å²) in [7, 11) is 0.803. The van der Waals surface area contributed by atoms with Gasteiger partial charge in [0.15, 0.2) is 0 Å². The highest BCUT2D eigenvalue weighted by molar-refractivity contribution is 7.48. The van der Waals surface area contributed by atoms with Gasteiger partial charge in [-0.3, -0.25) is 4.98 Å². The summed E-state index contributed by atoms with van der Waals surface area (Å²) in [6.45, 7) is 6.71. The molecule has 1 aromatic heterocycles. The van der Waals surface area contributed by atoms with Crippen LogP contribution >= 0.6 is 21.0 Å². The highest BCUT2D eigenvalue weighted by Crippen LogP contribution is 2.28. The van der Waals surface area contributed by atoms with E-state index in [0.29, 0.717) is 5.16 Å². The number of rotatable bonds is 1. The van der Waals surface area contributed by atoms with Crippen molar-refractivity contribution in [3.63, 3.8) is 0 Å². The van der Waals surface area contributed by atoms with E-state index >= 15 is 0 Å². The van der Waals surface area contributed by atoms with E-state index in [1.807, 2.05) is 18.3 Å². The second kappa shape index (κ2) is 4.79. The molecule has 0 saturated carbocycles. The Labute approximate surface area is 82.2 Å². The van der Waals surface area contributed by atoms with Crippen LogP contribution in [0.5, 0.6) is 0 Å². The lowest BCUT2D eigenvalue weighted by molar-refractivity contribution is 0.798. The monoisotopic (exact) mass is 203 g/mol. The van der Waals surface area contributed by atoms with E-state index in [4.69, 9.17) is 0 Å². The minimum absolute atomic E-state index is 0. The zero-order valence-corrected chi connectivity index (χ0v) is 9.48. The lowest BCUT2D eigenvalue weighted by Gasteiger charge is -2.16. The molecule has 0 aromatic carbocycles. The molecule has 0 bridgehead atoms. The summed E-state index contributed by atoms with van der Waals surface area (Å²) < 4.78 is 0. The summed E-state index contributed by atoms with van der Waals surface area (Å²) in [5.74, 6) is 0. The van der Waals surface area contributed by atoms with Gasteiger partial charge in [-0.05, 0) is 17.3 Å². The van der Waals surface area contributed by atoms with Crippen LogP contribution in [0.2, 0.25) is 0 Å². The number of pyridine rings is 1. The molecule has 0 aliphatic carbocycles. The Morgan fingerprint density at radius 3 is 2.33 bits per heavy atom. The van der Waals surface area contributed by atoms with Crippen molar-refractivity contribution in [2.24, 2.45) is 0 Å². The molecule has 0 radical (unpaired) electrons. The van der Waals surface area contributed by atoms with E-state index in [2.05, 4.69) is 31.8 Å². The number of aromatic nitrogens is 1. The van der Waals surface area contributed by atoms with Crippen molar-refractivity contribution < 1.29 is 0 Å². The second-order valence-corrected chi connectivity index (χ2v) is 5.85. The van der Waals surface area contributed by atoms with Crippen molar-refractivity contribution in [2.75, 3.05) is 0 Å². The van der Waals surface area contributed by atoms with Gasteiger partial charge in [-0.2, -0.15) is 0 Å². The van der Waals surface area contributed by atoms with Crippen LogP contribution in [0, 0.1) is 0 Å². The predicted octanol–water partition coefficient (Wildman–Crippen LogP) is 2.61. The van der Waals surface area contributed by atoms with Gasteiger partial charge in [-0.25, -0.2) is 0 Å². The van der Waals surface area contributed by atoms with Crippen molar-refractivity contribution in [2.45, 2.75) is 25.9 Å². The van der Waals surface area contributed by atoms with E-state index in [0.717, 1.165) is 8.58 Å². The average Bonchev–Trinajstić information content (AvgIpc) is 1.85. The van der Waals surface area contributed by atoms with Gasteiger partial charge in [0.1, 0.15) is 0 Å².